The fourth-order valence-corrected chi connectivity index (χ4v) is 12.4. The predicted molar refractivity (Wildman–Crippen MR) is 247 cm³/mol. The van der Waals surface area contributed by atoms with Crippen LogP contribution >= 0.6 is 0 Å². The molecule has 0 fully saturated rings. The number of nitrogens with zero attached hydrogens (tertiary/aromatic N) is 3. The summed E-state index contributed by atoms with van der Waals surface area (Å²) in [5.74, 6) is 0. The molecule has 0 saturated carbocycles. The monoisotopic (exact) mass is 803 g/mol. The van der Waals surface area contributed by atoms with Crippen LogP contribution in [0.15, 0.2) is 200 Å². The van der Waals surface area contributed by atoms with Gasteiger partial charge in [-0.2, -0.15) is 0 Å². The molecule has 0 spiro atoms. The first-order chi connectivity index (χ1) is 28.8. The van der Waals surface area contributed by atoms with E-state index in [-0.39, 0.29) is 14.5 Å². The Morgan fingerprint density at radius 1 is 0.310 bits per heavy atom. The van der Waals surface area contributed by atoms with Crippen molar-refractivity contribution < 1.29 is 0 Å². The molecular formula is C54H33N3Se. The molecule has 0 atom stereocenters. The molecule has 0 saturated heterocycles. The summed E-state index contributed by atoms with van der Waals surface area (Å²) in [5, 5.41) is 10.3. The molecule has 13 rings (SSSR count). The maximum atomic E-state index is 2.53. The van der Waals surface area contributed by atoms with E-state index in [0.29, 0.717) is 0 Å². The average Bonchev–Trinajstić information content (AvgIpc) is 4.03. The summed E-state index contributed by atoms with van der Waals surface area (Å²) in [6, 6.07) is 74.0. The fraction of sp³-hybridized carbons (Fsp3) is 0. The van der Waals surface area contributed by atoms with Gasteiger partial charge in [0.05, 0.1) is 11.0 Å². The molecule has 0 amide bonds. The van der Waals surface area contributed by atoms with Crippen molar-refractivity contribution in [1.82, 2.24) is 13.7 Å². The second-order valence-corrected chi connectivity index (χ2v) is 17.5. The molecule has 0 aliphatic carbocycles. The average molecular weight is 803 g/mol. The van der Waals surface area contributed by atoms with E-state index in [4.69, 9.17) is 0 Å². The molecule has 0 aliphatic rings. The minimum atomic E-state index is 0.193. The minimum absolute atomic E-state index is 0.193. The molecule has 0 N–H and O–H groups in total. The van der Waals surface area contributed by atoms with Gasteiger partial charge in [0.25, 0.3) is 0 Å². The molecule has 3 nitrogen and oxygen atoms in total. The molecule has 9 aromatic carbocycles. The van der Waals surface area contributed by atoms with E-state index in [9.17, 15) is 0 Å². The van der Waals surface area contributed by atoms with Crippen LogP contribution in [0.2, 0.25) is 0 Å². The van der Waals surface area contributed by atoms with Gasteiger partial charge in [0.1, 0.15) is 0 Å². The molecule has 0 bridgehead atoms. The number of benzene rings is 9. The van der Waals surface area contributed by atoms with Crippen LogP contribution in [-0.2, 0) is 0 Å². The third-order valence-electron chi connectivity index (χ3n) is 12.2. The van der Waals surface area contributed by atoms with Gasteiger partial charge in [-0.1, -0.05) is 36.4 Å². The third-order valence-corrected chi connectivity index (χ3v) is 14.8. The van der Waals surface area contributed by atoms with E-state index >= 15 is 0 Å². The molecule has 270 valence electrons. The molecule has 4 heteroatoms. The molecule has 4 aromatic heterocycles. The van der Waals surface area contributed by atoms with E-state index in [1.54, 1.807) is 0 Å². The summed E-state index contributed by atoms with van der Waals surface area (Å²) in [6.45, 7) is 0. The van der Waals surface area contributed by atoms with E-state index in [1.807, 2.05) is 0 Å². The second kappa shape index (κ2) is 12.2. The summed E-state index contributed by atoms with van der Waals surface area (Å²) in [5.41, 5.74) is 13.4. The third kappa shape index (κ3) is 4.44. The van der Waals surface area contributed by atoms with Crippen LogP contribution in [0, 0.1) is 0 Å². The Hall–Kier alpha value is -7.10. The SMILES string of the molecule is c1ccc(-c2cccc3c2[se]c2cccc(-n4c5ccccc5c5ccc(-n6c7ccccc7c7cc(-n8c9ccccc9c9ccccc98)ccc76)cc54)c23)cc1. The van der Waals surface area contributed by atoms with Crippen molar-refractivity contribution in [3.63, 3.8) is 0 Å². The molecular weight excluding hydrogens is 770 g/mol. The van der Waals surface area contributed by atoms with Crippen LogP contribution in [0.1, 0.15) is 0 Å². The topological polar surface area (TPSA) is 14.8 Å². The molecule has 0 radical (unpaired) electrons. The molecule has 4 heterocycles. The maximum absolute atomic E-state index is 2.53. The summed E-state index contributed by atoms with van der Waals surface area (Å²) < 4.78 is 10.3. The van der Waals surface area contributed by atoms with E-state index in [0.717, 1.165) is 5.69 Å². The Morgan fingerprint density at radius 3 is 1.48 bits per heavy atom. The molecule has 0 aliphatic heterocycles. The molecule has 0 unspecified atom stereocenters. The van der Waals surface area contributed by atoms with Crippen LogP contribution in [0.4, 0.5) is 0 Å². The van der Waals surface area contributed by atoms with E-state index < -0.39 is 0 Å². The van der Waals surface area contributed by atoms with Gasteiger partial charge in [0, 0.05) is 10.8 Å². The number of para-hydroxylation sites is 4. The Balaban J connectivity index is 1.06. The van der Waals surface area contributed by atoms with Crippen LogP contribution in [-0.4, -0.2) is 28.2 Å². The molecule has 58 heavy (non-hydrogen) atoms. The molecule has 13 aromatic rings. The van der Waals surface area contributed by atoms with Crippen molar-refractivity contribution in [2.24, 2.45) is 0 Å². The fourth-order valence-electron chi connectivity index (χ4n) is 9.80. The second-order valence-electron chi connectivity index (χ2n) is 15.3. The van der Waals surface area contributed by atoms with Crippen molar-refractivity contribution >= 4 is 99.2 Å². The van der Waals surface area contributed by atoms with Crippen LogP contribution < -0.4 is 0 Å². The number of fused-ring (bicyclic) bond motifs is 12. The van der Waals surface area contributed by atoms with Crippen molar-refractivity contribution in [3.05, 3.63) is 200 Å². The summed E-state index contributed by atoms with van der Waals surface area (Å²) >= 11 is 0.193. The Bertz CT molecular complexity index is 3750. The van der Waals surface area contributed by atoms with Gasteiger partial charge in [-0.05, 0) is 12.1 Å². The van der Waals surface area contributed by atoms with E-state index in [1.165, 1.54) is 107 Å². The van der Waals surface area contributed by atoms with Crippen molar-refractivity contribution in [3.8, 4) is 28.2 Å². The first-order valence-electron chi connectivity index (χ1n) is 19.9. The normalized spacial score (nSPS) is 12.1. The van der Waals surface area contributed by atoms with Gasteiger partial charge in [-0.3, -0.25) is 0 Å². The van der Waals surface area contributed by atoms with Crippen molar-refractivity contribution in [2.45, 2.75) is 0 Å². The van der Waals surface area contributed by atoms with Gasteiger partial charge in [-0.15, -0.1) is 0 Å². The van der Waals surface area contributed by atoms with Crippen LogP contribution in [0.3, 0.4) is 0 Å². The van der Waals surface area contributed by atoms with Crippen LogP contribution in [0.5, 0.6) is 0 Å². The summed E-state index contributed by atoms with van der Waals surface area (Å²) in [7, 11) is 0. The summed E-state index contributed by atoms with van der Waals surface area (Å²) in [6.07, 6.45) is 0. The Kier molecular flexibility index (Phi) is 6.74. The number of rotatable bonds is 4. The van der Waals surface area contributed by atoms with Gasteiger partial charge >= 0.3 is 266 Å². The first-order valence-corrected chi connectivity index (χ1v) is 21.6. The zero-order chi connectivity index (χ0) is 37.9. The zero-order valence-electron chi connectivity index (χ0n) is 31.3. The van der Waals surface area contributed by atoms with Crippen molar-refractivity contribution in [1.29, 1.82) is 0 Å². The number of hydrogen-bond acceptors (Lipinski definition) is 0. The standard InChI is InChI=1S/C54H33N3Se/c1-2-14-34(15-3-1)37-20-12-21-43-53-50(26-13-27-52(53)58-54(37)43)57-48-25-11-6-18-40(48)42-30-28-36(33-51(42)57)56-47-24-10-7-19-41(47)44-32-35(29-31-49(44)56)55-45-22-8-4-16-38(45)39-17-5-9-23-46(39)55/h1-33H. The predicted octanol–water partition coefficient (Wildman–Crippen LogP) is 14.0. The Morgan fingerprint density at radius 2 is 0.810 bits per heavy atom. The number of hydrogen-bond donors (Lipinski definition) is 0. The first kappa shape index (κ1) is 32.0. The summed E-state index contributed by atoms with van der Waals surface area (Å²) in [4.78, 5) is 0. The van der Waals surface area contributed by atoms with E-state index in [2.05, 4.69) is 214 Å². The van der Waals surface area contributed by atoms with Gasteiger partial charge in [-0.25, -0.2) is 0 Å². The van der Waals surface area contributed by atoms with Gasteiger partial charge in [0.15, 0.2) is 0 Å². The number of aromatic nitrogens is 3. The Labute approximate surface area is 339 Å². The van der Waals surface area contributed by atoms with Gasteiger partial charge < -0.3 is 4.57 Å². The quantitative estimate of drug-likeness (QED) is 0.158. The van der Waals surface area contributed by atoms with Crippen LogP contribution in [0.25, 0.3) is 113 Å². The zero-order valence-corrected chi connectivity index (χ0v) is 33.0. The van der Waals surface area contributed by atoms with Gasteiger partial charge in [0.2, 0.25) is 0 Å². The van der Waals surface area contributed by atoms with Crippen molar-refractivity contribution in [2.75, 3.05) is 0 Å².